The first-order valence-corrected chi connectivity index (χ1v) is 7.17. The van der Waals surface area contributed by atoms with Crippen molar-refractivity contribution >= 4 is 21.6 Å². The number of nitrogens with one attached hydrogen (secondary N) is 1. The summed E-state index contributed by atoms with van der Waals surface area (Å²) in [6.45, 7) is 0.470. The van der Waals surface area contributed by atoms with Gasteiger partial charge in [0.05, 0.1) is 18.3 Å². The minimum absolute atomic E-state index is 0.0632. The predicted molar refractivity (Wildman–Crippen MR) is 76.9 cm³/mol. The van der Waals surface area contributed by atoms with Gasteiger partial charge in [-0.1, -0.05) is 15.9 Å². The molecule has 1 atom stereocenters. The van der Waals surface area contributed by atoms with Crippen LogP contribution in [0.1, 0.15) is 18.0 Å². The topological polar surface area (TPSA) is 21.3 Å². The van der Waals surface area contributed by atoms with Gasteiger partial charge in [0.2, 0.25) is 0 Å². The van der Waals surface area contributed by atoms with Crippen LogP contribution in [-0.2, 0) is 0 Å². The van der Waals surface area contributed by atoms with Gasteiger partial charge in [0.15, 0.2) is 11.6 Å². The lowest BCUT2D eigenvalue weighted by molar-refractivity contribution is 0.274. The molecule has 1 heterocycles. The zero-order valence-corrected chi connectivity index (χ0v) is 12.4. The highest BCUT2D eigenvalue weighted by atomic mass is 79.9. The molecule has 1 aliphatic heterocycles. The number of benzene rings is 2. The van der Waals surface area contributed by atoms with Gasteiger partial charge in [-0.2, -0.15) is 0 Å². The summed E-state index contributed by atoms with van der Waals surface area (Å²) in [5.41, 5.74) is 0.784. The highest BCUT2D eigenvalue weighted by Gasteiger charge is 2.23. The van der Waals surface area contributed by atoms with Crippen LogP contribution >= 0.6 is 15.9 Å². The van der Waals surface area contributed by atoms with Crippen LogP contribution in [0.2, 0.25) is 0 Å². The minimum Gasteiger partial charge on any atom is -0.493 e. The van der Waals surface area contributed by atoms with Crippen molar-refractivity contribution in [2.45, 2.75) is 12.5 Å². The zero-order valence-electron chi connectivity index (χ0n) is 10.8. The highest BCUT2D eigenvalue weighted by molar-refractivity contribution is 9.10. The van der Waals surface area contributed by atoms with Crippen LogP contribution in [0.15, 0.2) is 34.8 Å². The quantitative estimate of drug-likeness (QED) is 0.779. The second-order valence-electron chi connectivity index (χ2n) is 4.76. The Balaban J connectivity index is 1.93. The van der Waals surface area contributed by atoms with Crippen molar-refractivity contribution < 1.29 is 17.9 Å². The average molecular weight is 358 g/mol. The van der Waals surface area contributed by atoms with E-state index in [1.165, 1.54) is 0 Å². The molecule has 1 unspecified atom stereocenters. The third kappa shape index (κ3) is 2.85. The molecule has 2 aromatic carbocycles. The van der Waals surface area contributed by atoms with Gasteiger partial charge in [-0.3, -0.25) is 0 Å². The van der Waals surface area contributed by atoms with E-state index in [1.54, 1.807) is 0 Å². The maximum Gasteiger partial charge on any atom is 0.161 e. The van der Waals surface area contributed by atoms with Crippen LogP contribution in [0.3, 0.4) is 0 Å². The van der Waals surface area contributed by atoms with Gasteiger partial charge in [-0.15, -0.1) is 0 Å². The van der Waals surface area contributed by atoms with Gasteiger partial charge >= 0.3 is 0 Å². The van der Waals surface area contributed by atoms with Crippen LogP contribution in [0.4, 0.5) is 18.9 Å². The van der Waals surface area contributed by atoms with E-state index in [-0.39, 0.29) is 11.7 Å². The fourth-order valence-electron chi connectivity index (χ4n) is 2.34. The zero-order chi connectivity index (χ0) is 15.0. The van der Waals surface area contributed by atoms with Gasteiger partial charge in [0.25, 0.3) is 0 Å². The second-order valence-corrected chi connectivity index (χ2v) is 5.68. The van der Waals surface area contributed by atoms with Crippen molar-refractivity contribution in [1.82, 2.24) is 0 Å². The van der Waals surface area contributed by atoms with Crippen molar-refractivity contribution in [1.29, 1.82) is 0 Å². The molecule has 0 amide bonds. The number of anilines is 1. The fourth-order valence-corrected chi connectivity index (χ4v) is 2.71. The van der Waals surface area contributed by atoms with Gasteiger partial charge in [-0.05, 0) is 18.2 Å². The fraction of sp³-hybridized carbons (Fsp3) is 0.200. The molecule has 0 radical (unpaired) electrons. The molecule has 1 aliphatic rings. The molecule has 21 heavy (non-hydrogen) atoms. The molecule has 0 aromatic heterocycles. The lowest BCUT2D eigenvalue weighted by Crippen LogP contribution is -2.21. The van der Waals surface area contributed by atoms with Crippen molar-refractivity contribution in [3.05, 3.63) is 57.8 Å². The SMILES string of the molecule is Fc1cc(F)c(NC2CCOc3ccc(Br)cc32)cc1F. The Morgan fingerprint density at radius 3 is 2.62 bits per heavy atom. The Morgan fingerprint density at radius 2 is 1.81 bits per heavy atom. The van der Waals surface area contributed by atoms with E-state index in [2.05, 4.69) is 21.2 Å². The van der Waals surface area contributed by atoms with E-state index in [4.69, 9.17) is 4.74 Å². The monoisotopic (exact) mass is 357 g/mol. The number of hydrogen-bond donors (Lipinski definition) is 1. The Bertz CT molecular complexity index is 693. The Morgan fingerprint density at radius 1 is 1.05 bits per heavy atom. The molecule has 3 rings (SSSR count). The molecule has 6 heteroatoms. The molecule has 2 nitrogen and oxygen atoms in total. The predicted octanol–water partition coefficient (Wildman–Crippen LogP) is 4.80. The third-order valence-electron chi connectivity index (χ3n) is 3.35. The van der Waals surface area contributed by atoms with Gasteiger partial charge in [0, 0.05) is 28.6 Å². The first-order valence-electron chi connectivity index (χ1n) is 6.38. The van der Waals surface area contributed by atoms with Gasteiger partial charge in [-0.25, -0.2) is 13.2 Å². The summed E-state index contributed by atoms with van der Waals surface area (Å²) in [5.74, 6) is -2.41. The molecular weight excluding hydrogens is 347 g/mol. The van der Waals surface area contributed by atoms with E-state index < -0.39 is 17.5 Å². The molecular formula is C15H11BrF3NO. The standard InChI is InChI=1S/C15H11BrF3NO/c16-8-1-2-15-9(5-8)13(3-4-21-15)20-14-7-11(18)10(17)6-12(14)19/h1-2,5-7,13,20H,3-4H2. The van der Waals surface area contributed by atoms with Crippen LogP contribution in [-0.4, -0.2) is 6.61 Å². The van der Waals surface area contributed by atoms with Crippen LogP contribution in [0.25, 0.3) is 0 Å². The van der Waals surface area contributed by atoms with E-state index >= 15 is 0 Å². The molecule has 2 aromatic rings. The molecule has 0 fully saturated rings. The number of ether oxygens (including phenoxy) is 1. The van der Waals surface area contributed by atoms with Crippen molar-refractivity contribution in [3.8, 4) is 5.75 Å². The molecule has 0 spiro atoms. The van der Waals surface area contributed by atoms with Crippen LogP contribution in [0.5, 0.6) is 5.75 Å². The summed E-state index contributed by atoms with van der Waals surface area (Å²) in [4.78, 5) is 0. The van der Waals surface area contributed by atoms with Gasteiger partial charge in [0.1, 0.15) is 11.6 Å². The Hall–Kier alpha value is -1.69. The molecule has 0 bridgehead atoms. The third-order valence-corrected chi connectivity index (χ3v) is 3.84. The maximum atomic E-state index is 13.7. The summed E-state index contributed by atoms with van der Waals surface area (Å²) >= 11 is 3.37. The molecule has 110 valence electrons. The average Bonchev–Trinajstić information content (AvgIpc) is 2.45. The summed E-state index contributed by atoms with van der Waals surface area (Å²) < 4.78 is 46.3. The summed E-state index contributed by atoms with van der Waals surface area (Å²) in [6, 6.07) is 6.67. The van der Waals surface area contributed by atoms with E-state index in [1.807, 2.05) is 18.2 Å². The molecule has 0 saturated carbocycles. The normalized spacial score (nSPS) is 17.0. The summed E-state index contributed by atoms with van der Waals surface area (Å²) in [7, 11) is 0. The van der Waals surface area contributed by atoms with E-state index in [0.717, 1.165) is 16.1 Å². The number of halogens is 4. The lowest BCUT2D eigenvalue weighted by Gasteiger charge is -2.28. The number of rotatable bonds is 2. The molecule has 0 saturated heterocycles. The first kappa shape index (κ1) is 14.3. The van der Waals surface area contributed by atoms with Crippen molar-refractivity contribution in [2.75, 3.05) is 11.9 Å². The number of hydrogen-bond acceptors (Lipinski definition) is 2. The second kappa shape index (κ2) is 5.60. The largest absolute Gasteiger partial charge is 0.493 e. The van der Waals surface area contributed by atoms with Crippen molar-refractivity contribution in [3.63, 3.8) is 0 Å². The summed E-state index contributed by atoms with van der Waals surface area (Å²) in [6.07, 6.45) is 0.599. The van der Waals surface area contributed by atoms with E-state index in [0.29, 0.717) is 24.8 Å². The molecule has 0 aliphatic carbocycles. The Kier molecular flexibility index (Phi) is 3.80. The first-order chi connectivity index (χ1) is 10.0. The van der Waals surface area contributed by atoms with Crippen LogP contribution in [0, 0.1) is 17.5 Å². The van der Waals surface area contributed by atoms with Crippen molar-refractivity contribution in [2.24, 2.45) is 0 Å². The lowest BCUT2D eigenvalue weighted by atomic mass is 10.00. The Labute approximate surface area is 128 Å². The van der Waals surface area contributed by atoms with Crippen LogP contribution < -0.4 is 10.1 Å². The summed E-state index contributed by atoms with van der Waals surface area (Å²) in [5, 5.41) is 2.92. The minimum atomic E-state index is -1.20. The maximum absolute atomic E-state index is 13.7. The van der Waals surface area contributed by atoms with Gasteiger partial charge < -0.3 is 10.1 Å². The van der Waals surface area contributed by atoms with E-state index in [9.17, 15) is 13.2 Å². The molecule has 1 N–H and O–H groups in total. The smallest absolute Gasteiger partial charge is 0.161 e. The number of fused-ring (bicyclic) bond motifs is 1. The highest BCUT2D eigenvalue weighted by Crippen LogP contribution is 2.36.